The number of Topliss-reactive ketones (excluding diaryl/α,β-unsaturated/α-hetero) is 2. The van der Waals surface area contributed by atoms with Crippen molar-refractivity contribution < 1.29 is 72.5 Å². The highest BCUT2D eigenvalue weighted by Crippen LogP contribution is 2.29. The maximum Gasteiger partial charge on any atom is 0.305 e. The predicted octanol–water partition coefficient (Wildman–Crippen LogP) is -3.79. The number of nitrogens with two attached hydrogens (primary N) is 4. The molecule has 10 amide bonds. The number of guanidine groups is 1. The van der Waals surface area contributed by atoms with Crippen LogP contribution >= 0.6 is 43.2 Å². The van der Waals surface area contributed by atoms with E-state index in [4.69, 9.17) is 33.8 Å². The van der Waals surface area contributed by atoms with Crippen molar-refractivity contribution in [3.8, 4) is 0 Å². The number of rotatable bonds is 17. The van der Waals surface area contributed by atoms with Gasteiger partial charge in [-0.3, -0.25) is 73.1 Å². The molecule has 500 valence electrons. The number of aromatic amines is 1. The number of para-hydroxylation sites is 1. The van der Waals surface area contributed by atoms with Gasteiger partial charge in [0.1, 0.15) is 42.3 Å². The highest BCUT2D eigenvalue weighted by Gasteiger charge is 2.42. The first-order valence-electron chi connectivity index (χ1n) is 29.3. The van der Waals surface area contributed by atoms with Crippen LogP contribution in [0.1, 0.15) is 83.2 Å². The summed E-state index contributed by atoms with van der Waals surface area (Å²) in [5.41, 5.74) is 23.8. The Balaban J connectivity index is 1.65. The normalized spacial score (nSPS) is 26.3. The number of aliphatic hydroxyl groups is 1. The number of nitrogens with zero attached hydrogens (tertiary/aromatic N) is 1. The molecule has 0 spiro atoms. The quantitative estimate of drug-likeness (QED) is 0.0313. The summed E-state index contributed by atoms with van der Waals surface area (Å²) < 4.78 is 0. The molecule has 36 heteroatoms. The summed E-state index contributed by atoms with van der Waals surface area (Å²) >= 11 is 0. The van der Waals surface area contributed by atoms with Crippen molar-refractivity contribution >= 4 is 142 Å². The van der Waals surface area contributed by atoms with E-state index < -0.39 is 181 Å². The van der Waals surface area contributed by atoms with Crippen LogP contribution in [0.15, 0.2) is 30.3 Å². The van der Waals surface area contributed by atoms with Gasteiger partial charge in [-0.25, -0.2) is 0 Å². The number of carboxylic acid groups (broad SMARTS) is 1. The Labute approximate surface area is 539 Å². The van der Waals surface area contributed by atoms with E-state index in [1.807, 2.05) is 6.07 Å². The summed E-state index contributed by atoms with van der Waals surface area (Å²) in [6, 6.07) is -4.81. The predicted molar refractivity (Wildman–Crippen MR) is 341 cm³/mol. The third-order valence-corrected chi connectivity index (χ3v) is 19.9. The van der Waals surface area contributed by atoms with Gasteiger partial charge in [-0.2, -0.15) is 0 Å². The summed E-state index contributed by atoms with van der Waals surface area (Å²) in [6.07, 6.45) is -1.63. The molecule has 5 rings (SSSR count). The third kappa shape index (κ3) is 23.8. The number of unbranched alkanes of at least 4 members (excludes halogenated alkanes) is 1. The minimum Gasteiger partial charge on any atom is -0.481 e. The van der Waals surface area contributed by atoms with Crippen LogP contribution < -0.4 is 70.8 Å². The maximum atomic E-state index is 14.7. The Morgan fingerprint density at radius 2 is 1.34 bits per heavy atom. The number of H-pyrrole nitrogens is 1. The number of aliphatic carboxylic acids is 1. The number of nitrogens with one attached hydrogen (secondary N) is 12. The molecule has 2 aromatic rings. The molecule has 3 fully saturated rings. The molecule has 0 saturated carbocycles. The van der Waals surface area contributed by atoms with Gasteiger partial charge in [0, 0.05) is 66.6 Å². The van der Waals surface area contributed by atoms with Crippen molar-refractivity contribution in [1.82, 2.24) is 57.7 Å². The van der Waals surface area contributed by atoms with Gasteiger partial charge in [0.2, 0.25) is 59.1 Å². The van der Waals surface area contributed by atoms with Crippen molar-refractivity contribution in [3.63, 3.8) is 0 Å². The van der Waals surface area contributed by atoms with E-state index in [9.17, 15) is 72.5 Å². The Morgan fingerprint density at radius 1 is 0.703 bits per heavy atom. The molecule has 0 radical (unpaired) electrons. The molecule has 22 N–H and O–H groups in total. The van der Waals surface area contributed by atoms with Gasteiger partial charge in [-0.05, 0) is 69.4 Å². The van der Waals surface area contributed by atoms with E-state index in [0.29, 0.717) is 17.6 Å². The Morgan fingerprint density at radius 3 is 2.01 bits per heavy atom. The Hall–Kier alpha value is -7.67. The lowest BCUT2D eigenvalue weighted by Gasteiger charge is -2.30. The average molecular weight is 1350 g/mol. The highest BCUT2D eigenvalue weighted by molar-refractivity contribution is 8.77. The Kier molecular flexibility index (Phi) is 30.1. The summed E-state index contributed by atoms with van der Waals surface area (Å²) in [4.78, 5) is 187. The molecular formula is C55H81N17O15S4. The van der Waals surface area contributed by atoms with Gasteiger partial charge < -0.3 is 90.9 Å². The molecule has 91 heavy (non-hydrogen) atoms. The SMILES string of the molecule is C[C@@H]1NC(=O)[C@@H]2CSSC[C@H](NC(=O)CN)C(=O)C[C@@H](CSSC[C@@H](C(N)=O)NC(=O)[C@H](CCCCC(=N)N)NC(=O)[C@H](Cc3cc4ccccc4[nH]3)CC1=O)C(=O)N[C@@H](CO)C(=O)N[C@@H](CC(=O)O)C(=O)N1CCCC1C(=O)N[C@@H](CCCNC(=N)N)C(=O)N2. The Bertz CT molecular complexity index is 2980. The lowest BCUT2D eigenvalue weighted by Crippen LogP contribution is -2.60. The summed E-state index contributed by atoms with van der Waals surface area (Å²) in [5.74, 6) is -17.0. The first kappa shape index (κ1) is 74.1. The number of hydrogen-bond donors (Lipinski definition) is 18. The topological polar surface area (TPSA) is 541 Å². The number of benzene rings is 1. The van der Waals surface area contributed by atoms with E-state index in [2.05, 4.69) is 52.8 Å². The summed E-state index contributed by atoms with van der Waals surface area (Å²) in [5, 5.41) is 59.6. The molecule has 2 bridgehead atoms. The molecule has 3 aliphatic rings. The molecule has 32 nitrogen and oxygen atoms in total. The number of amidine groups is 1. The number of amides is 10. The second kappa shape index (κ2) is 37.0. The van der Waals surface area contributed by atoms with Crippen LogP contribution in [0, 0.1) is 22.7 Å². The zero-order valence-corrected chi connectivity index (χ0v) is 53.2. The van der Waals surface area contributed by atoms with Gasteiger partial charge in [0.15, 0.2) is 17.5 Å². The largest absolute Gasteiger partial charge is 0.481 e. The van der Waals surface area contributed by atoms with Gasteiger partial charge in [-0.1, -0.05) is 67.8 Å². The zero-order valence-electron chi connectivity index (χ0n) is 50.0. The zero-order chi connectivity index (χ0) is 66.9. The standard InChI is InChI=1S/C55H81N17O15S4/c1-27-41(74)18-29(17-31-16-28-8-2-3-9-32(28)64-31)47(80)66-33(10-4-5-13-43(57)58)49(82)70-38(46(59)79)25-90-88-23-30-19-42(75)37(65-44(76)21-56)24-89-91-26-39(52(85)63-27)71-50(83)34(11-6-14-62-55(60)61)67-53(86)40-12-7-15-72(40)54(87)35(20-45(77)78)68-51(84)36(22-73)69-48(30)81/h2-3,8-9,16,27,29-30,33-40,64,73H,4-7,10-15,17-26,56H2,1H3,(H3,57,58)(H2,59,79)(H,63,85)(H,65,76)(H,66,80)(H,67,86)(H,68,84)(H,69,81)(H,70,82)(H,71,83)(H,77,78)(H4,60,61,62)/t27-,29+,30-,33-,34-,35-,36-,37-,38-,39-,40?/m0/s1. The van der Waals surface area contributed by atoms with Gasteiger partial charge in [-0.15, -0.1) is 0 Å². The number of carbonyl (C=O) groups is 13. The number of carbonyl (C=O) groups excluding carboxylic acids is 12. The minimum atomic E-state index is -1.90. The van der Waals surface area contributed by atoms with Crippen LogP contribution in [0.25, 0.3) is 10.9 Å². The second-order valence-corrected chi connectivity index (χ2v) is 27.1. The van der Waals surface area contributed by atoms with Crippen LogP contribution in [0.5, 0.6) is 0 Å². The lowest BCUT2D eigenvalue weighted by atomic mass is 9.92. The van der Waals surface area contributed by atoms with Crippen molar-refractivity contribution in [2.24, 2.45) is 34.8 Å². The number of ketones is 2. The smallest absolute Gasteiger partial charge is 0.305 e. The van der Waals surface area contributed by atoms with Crippen molar-refractivity contribution in [2.75, 3.05) is 49.3 Å². The van der Waals surface area contributed by atoms with Crippen LogP contribution in [0.4, 0.5) is 0 Å². The average Bonchev–Trinajstić information content (AvgIpc) is 2.00. The molecule has 11 atom stereocenters. The van der Waals surface area contributed by atoms with Crippen molar-refractivity contribution in [3.05, 3.63) is 36.0 Å². The molecule has 1 aromatic carbocycles. The highest BCUT2D eigenvalue weighted by atomic mass is 33.1. The molecule has 3 aliphatic heterocycles. The van der Waals surface area contributed by atoms with Crippen LogP contribution in [-0.4, -0.2) is 212 Å². The fraction of sp³-hybridized carbons (Fsp3) is 0.582. The second-order valence-electron chi connectivity index (χ2n) is 22.0. The number of carboxylic acids is 1. The fourth-order valence-electron chi connectivity index (χ4n) is 9.98. The van der Waals surface area contributed by atoms with Crippen LogP contribution in [0.3, 0.4) is 0 Å². The lowest BCUT2D eigenvalue weighted by molar-refractivity contribution is -0.146. The number of aliphatic hydroxyl groups excluding tert-OH is 1. The number of primary amides is 1. The molecule has 1 unspecified atom stereocenters. The van der Waals surface area contributed by atoms with Crippen molar-refractivity contribution in [1.29, 1.82) is 10.8 Å². The molecule has 3 saturated heterocycles. The van der Waals surface area contributed by atoms with Gasteiger partial charge in [0.05, 0.1) is 49.3 Å². The van der Waals surface area contributed by atoms with Crippen LogP contribution in [-0.2, 0) is 68.7 Å². The first-order valence-corrected chi connectivity index (χ1v) is 34.3. The van der Waals surface area contributed by atoms with Crippen molar-refractivity contribution in [2.45, 2.75) is 138 Å². The van der Waals surface area contributed by atoms with E-state index in [0.717, 1.165) is 53.5 Å². The van der Waals surface area contributed by atoms with Gasteiger partial charge in [0.25, 0.3) is 0 Å². The maximum absolute atomic E-state index is 14.7. The summed E-state index contributed by atoms with van der Waals surface area (Å²) in [7, 11) is 3.69. The number of aromatic nitrogens is 1. The fourth-order valence-corrected chi connectivity index (χ4v) is 14.8. The van der Waals surface area contributed by atoms with Crippen LogP contribution in [0.2, 0.25) is 0 Å². The summed E-state index contributed by atoms with van der Waals surface area (Å²) in [6.45, 7) is -0.477. The number of fused-ring (bicyclic) bond motifs is 10. The van der Waals surface area contributed by atoms with E-state index >= 15 is 0 Å². The molecule has 0 aliphatic carbocycles. The van der Waals surface area contributed by atoms with E-state index in [1.54, 1.807) is 24.3 Å². The molecular weight excluding hydrogens is 1270 g/mol. The number of hydrogen-bond acceptors (Lipinski definition) is 21. The van der Waals surface area contributed by atoms with Gasteiger partial charge >= 0.3 is 5.97 Å². The van der Waals surface area contributed by atoms with E-state index in [-0.39, 0.29) is 93.3 Å². The first-order chi connectivity index (χ1) is 43.3. The molecule has 1 aromatic heterocycles. The van der Waals surface area contributed by atoms with E-state index in [1.165, 1.54) is 6.92 Å². The minimum absolute atomic E-state index is 0.000284. The molecule has 4 heterocycles. The monoisotopic (exact) mass is 1350 g/mol. The third-order valence-electron chi connectivity index (χ3n) is 15.0.